The smallest absolute Gasteiger partial charge is 0.272 e. The van der Waals surface area contributed by atoms with Crippen LogP contribution in [0.4, 0.5) is 11.4 Å². The van der Waals surface area contributed by atoms with Crippen LogP contribution in [0.1, 0.15) is 11.1 Å². The van der Waals surface area contributed by atoms with Crippen molar-refractivity contribution >= 4 is 50.6 Å². The monoisotopic (exact) mass is 459 g/mol. The fraction of sp³-hybridized carbons (Fsp3) is 0.160. The lowest BCUT2D eigenvalue weighted by Crippen LogP contribution is -2.29. The van der Waals surface area contributed by atoms with E-state index in [9.17, 15) is 9.59 Å². The van der Waals surface area contributed by atoms with Crippen LogP contribution in [-0.4, -0.2) is 21.2 Å². The summed E-state index contributed by atoms with van der Waals surface area (Å²) in [6.45, 7) is 4.12. The summed E-state index contributed by atoms with van der Waals surface area (Å²) in [6.07, 6.45) is 3.45. The van der Waals surface area contributed by atoms with Crippen LogP contribution in [0.25, 0.3) is 10.2 Å². The summed E-state index contributed by atoms with van der Waals surface area (Å²) in [6, 6.07) is 18.0. The molecule has 1 aliphatic heterocycles. The van der Waals surface area contributed by atoms with Crippen LogP contribution >= 0.6 is 23.1 Å². The van der Waals surface area contributed by atoms with Gasteiger partial charge in [0.05, 0.1) is 22.6 Å². The van der Waals surface area contributed by atoms with Gasteiger partial charge in [-0.05, 0) is 47.5 Å². The molecule has 0 saturated heterocycles. The maximum Gasteiger partial charge on any atom is 0.272 e. The zero-order valence-electron chi connectivity index (χ0n) is 17.4. The summed E-state index contributed by atoms with van der Waals surface area (Å²) in [5.74, 6) is 0.128. The van der Waals surface area contributed by atoms with E-state index < -0.39 is 0 Å². The number of aryl methyl sites for hydroxylation is 2. The molecular formula is C25H21N3O2S2. The highest BCUT2D eigenvalue weighted by Gasteiger charge is 2.26. The second-order valence-electron chi connectivity index (χ2n) is 7.51. The number of carbonyl (C=O) groups is 1. The van der Waals surface area contributed by atoms with Gasteiger partial charge < -0.3 is 0 Å². The number of nitrogens with zero attached hydrogens (tertiary/aromatic N) is 3. The maximum absolute atomic E-state index is 13.6. The lowest BCUT2D eigenvalue weighted by Gasteiger charge is -2.25. The molecule has 0 unspecified atom stereocenters. The average molecular weight is 460 g/mol. The lowest BCUT2D eigenvalue weighted by molar-refractivity contribution is -0.115. The van der Waals surface area contributed by atoms with Gasteiger partial charge in [0, 0.05) is 6.54 Å². The van der Waals surface area contributed by atoms with Crippen LogP contribution in [0.15, 0.2) is 82.6 Å². The fourth-order valence-electron chi connectivity index (χ4n) is 4.06. The van der Waals surface area contributed by atoms with Crippen LogP contribution < -0.4 is 10.5 Å². The molecule has 2 aromatic heterocycles. The minimum atomic E-state index is -0.0923. The molecule has 1 amide bonds. The summed E-state index contributed by atoms with van der Waals surface area (Å²) >= 11 is 2.68. The molecular weight excluding hydrogens is 438 g/mol. The highest BCUT2D eigenvalue weighted by atomic mass is 32.2. The standard InChI is InChI=1S/C25H21N3O2S2/c1-2-14-27-24(30)23-19(13-15-31-23)26-25(27)32-16-22(29)28-20-9-5-3-7-17(20)11-12-18-8-4-6-10-21(18)28/h2-10,13,15H,1,11-12,14,16H2. The van der Waals surface area contributed by atoms with E-state index in [-0.39, 0.29) is 17.2 Å². The first-order valence-corrected chi connectivity index (χ1v) is 12.2. The highest BCUT2D eigenvalue weighted by Crippen LogP contribution is 2.36. The Bertz CT molecular complexity index is 1340. The lowest BCUT2D eigenvalue weighted by atomic mass is 10.0. The average Bonchev–Trinajstić information content (AvgIpc) is 3.22. The Labute approximate surface area is 194 Å². The van der Waals surface area contributed by atoms with Crippen molar-refractivity contribution in [3.05, 3.63) is 94.1 Å². The number of amides is 1. The predicted octanol–water partition coefficient (Wildman–Crippen LogP) is 5.20. The van der Waals surface area contributed by atoms with E-state index in [2.05, 4.69) is 23.7 Å². The van der Waals surface area contributed by atoms with Gasteiger partial charge in [-0.1, -0.05) is 54.2 Å². The number of fused-ring (bicyclic) bond motifs is 3. The molecule has 0 radical (unpaired) electrons. The van der Waals surface area contributed by atoms with E-state index in [1.807, 2.05) is 52.7 Å². The van der Waals surface area contributed by atoms with Crippen molar-refractivity contribution < 1.29 is 4.79 Å². The Hall–Kier alpha value is -3.16. The number of hydrogen-bond donors (Lipinski definition) is 0. The first-order valence-electron chi connectivity index (χ1n) is 10.4. The van der Waals surface area contributed by atoms with Crippen molar-refractivity contribution in [3.63, 3.8) is 0 Å². The Morgan fingerprint density at radius 3 is 2.38 bits per heavy atom. The number of benzene rings is 2. The molecule has 3 heterocycles. The zero-order valence-corrected chi connectivity index (χ0v) is 19.0. The third-order valence-corrected chi connectivity index (χ3v) is 7.40. The quantitative estimate of drug-likeness (QED) is 0.234. The summed E-state index contributed by atoms with van der Waals surface area (Å²) in [7, 11) is 0. The zero-order chi connectivity index (χ0) is 22.1. The van der Waals surface area contributed by atoms with Gasteiger partial charge >= 0.3 is 0 Å². The highest BCUT2D eigenvalue weighted by molar-refractivity contribution is 7.99. The molecule has 0 aliphatic carbocycles. The molecule has 0 saturated carbocycles. The number of thioether (sulfide) groups is 1. The normalized spacial score (nSPS) is 12.8. The molecule has 0 N–H and O–H groups in total. The minimum absolute atomic E-state index is 0.0402. The van der Waals surface area contributed by atoms with Gasteiger partial charge in [0.2, 0.25) is 5.91 Å². The van der Waals surface area contributed by atoms with E-state index in [1.54, 1.807) is 10.6 Å². The molecule has 0 atom stereocenters. The van der Waals surface area contributed by atoms with E-state index in [0.717, 1.165) is 35.3 Å². The van der Waals surface area contributed by atoms with Crippen LogP contribution in [0.5, 0.6) is 0 Å². The maximum atomic E-state index is 13.6. The van der Waals surface area contributed by atoms with Crippen molar-refractivity contribution in [1.82, 2.24) is 9.55 Å². The van der Waals surface area contributed by atoms with E-state index in [1.165, 1.54) is 23.1 Å². The number of hydrogen-bond acceptors (Lipinski definition) is 5. The summed E-state index contributed by atoms with van der Waals surface area (Å²) in [5.41, 5.74) is 4.73. The second-order valence-corrected chi connectivity index (χ2v) is 9.37. The van der Waals surface area contributed by atoms with Gasteiger partial charge in [-0.3, -0.25) is 19.1 Å². The van der Waals surface area contributed by atoms with Crippen molar-refractivity contribution in [1.29, 1.82) is 0 Å². The summed E-state index contributed by atoms with van der Waals surface area (Å²) < 4.78 is 2.21. The number of carbonyl (C=O) groups excluding carboxylic acids is 1. The van der Waals surface area contributed by atoms with Crippen molar-refractivity contribution in [3.8, 4) is 0 Å². The number of anilines is 2. The number of thiophene rings is 1. The molecule has 32 heavy (non-hydrogen) atoms. The summed E-state index contributed by atoms with van der Waals surface area (Å²) in [4.78, 5) is 33.0. The largest absolute Gasteiger partial charge is 0.282 e. The molecule has 0 bridgehead atoms. The first-order chi connectivity index (χ1) is 15.7. The van der Waals surface area contributed by atoms with E-state index in [4.69, 9.17) is 0 Å². The summed E-state index contributed by atoms with van der Waals surface area (Å²) in [5, 5.41) is 2.40. The molecule has 5 rings (SSSR count). The van der Waals surface area contributed by atoms with Crippen molar-refractivity contribution in [2.75, 3.05) is 10.7 Å². The molecule has 2 aromatic carbocycles. The fourth-order valence-corrected chi connectivity index (χ4v) is 5.70. The Balaban J connectivity index is 1.51. The molecule has 4 aromatic rings. The number of allylic oxidation sites excluding steroid dienone is 1. The minimum Gasteiger partial charge on any atom is -0.282 e. The van der Waals surface area contributed by atoms with E-state index in [0.29, 0.717) is 21.9 Å². The van der Waals surface area contributed by atoms with Crippen LogP contribution in [0, 0.1) is 0 Å². The van der Waals surface area contributed by atoms with E-state index >= 15 is 0 Å². The number of rotatable bonds is 5. The topological polar surface area (TPSA) is 55.2 Å². The molecule has 7 heteroatoms. The second kappa shape index (κ2) is 8.76. The van der Waals surface area contributed by atoms with Crippen molar-refractivity contribution in [2.45, 2.75) is 24.5 Å². The number of para-hydroxylation sites is 2. The Morgan fingerprint density at radius 1 is 1.06 bits per heavy atom. The first kappa shape index (κ1) is 20.7. The Morgan fingerprint density at radius 2 is 1.72 bits per heavy atom. The van der Waals surface area contributed by atoms with Gasteiger partial charge in [-0.2, -0.15) is 0 Å². The third kappa shape index (κ3) is 3.67. The SMILES string of the molecule is C=CCn1c(SCC(=O)N2c3ccccc3CCc3ccccc32)nc2ccsc2c1=O. The number of aromatic nitrogens is 2. The predicted molar refractivity (Wildman–Crippen MR) is 132 cm³/mol. The molecule has 0 spiro atoms. The third-order valence-electron chi connectivity index (χ3n) is 5.55. The van der Waals surface area contributed by atoms with Gasteiger partial charge in [0.1, 0.15) is 4.70 Å². The van der Waals surface area contributed by atoms with Gasteiger partial charge in [0.15, 0.2) is 5.16 Å². The molecule has 1 aliphatic rings. The van der Waals surface area contributed by atoms with Gasteiger partial charge in [0.25, 0.3) is 5.56 Å². The van der Waals surface area contributed by atoms with Gasteiger partial charge in [-0.25, -0.2) is 4.98 Å². The molecule has 0 fully saturated rings. The van der Waals surface area contributed by atoms with Crippen LogP contribution in [0.3, 0.4) is 0 Å². The van der Waals surface area contributed by atoms with Crippen LogP contribution in [0.2, 0.25) is 0 Å². The van der Waals surface area contributed by atoms with Crippen molar-refractivity contribution in [2.24, 2.45) is 0 Å². The Kier molecular flexibility index (Phi) is 5.68. The van der Waals surface area contributed by atoms with Crippen LogP contribution in [-0.2, 0) is 24.2 Å². The molecule has 160 valence electrons. The van der Waals surface area contributed by atoms with Gasteiger partial charge in [-0.15, -0.1) is 17.9 Å². The molecule has 5 nitrogen and oxygen atoms in total.